The van der Waals surface area contributed by atoms with E-state index in [0.29, 0.717) is 36.5 Å². The fourth-order valence-electron chi connectivity index (χ4n) is 6.94. The number of unbranched alkanes of at least 4 members (excludes halogenated alkanes) is 4. The zero-order chi connectivity index (χ0) is 30.4. The molecule has 0 aromatic heterocycles. The third-order valence-electron chi connectivity index (χ3n) is 9.60. The van der Waals surface area contributed by atoms with Crippen LogP contribution in [0.25, 0.3) is 0 Å². The molecule has 0 radical (unpaired) electrons. The molecular formula is C37H51FO5. The summed E-state index contributed by atoms with van der Waals surface area (Å²) < 4.78 is 30.9. The molecule has 2 aliphatic carbocycles. The monoisotopic (exact) mass is 594 g/mol. The molecule has 2 saturated carbocycles. The van der Waals surface area contributed by atoms with E-state index in [0.717, 1.165) is 76.2 Å². The van der Waals surface area contributed by atoms with E-state index in [1.165, 1.54) is 37.3 Å². The highest BCUT2D eigenvalue weighted by molar-refractivity contribution is 5.90. The van der Waals surface area contributed by atoms with Crippen molar-refractivity contribution < 1.29 is 28.2 Å². The van der Waals surface area contributed by atoms with Gasteiger partial charge in [0.2, 0.25) is 0 Å². The standard InChI is InChI=1S/C37H51FO5/c1-3-4-5-6-9-27-10-23-34(35(38)26-27)37(40)43-33-21-19-31(20-22-33)29-13-11-28(12-14-29)30-15-17-32(18-16-30)36(39)42-25-8-7-24-41-2/h10,15-18,23,26,28-29,31,33H,3-9,11-14,19-22,24-25H2,1-2H3. The zero-order valence-electron chi connectivity index (χ0n) is 26.3. The Kier molecular flexibility index (Phi) is 13.5. The van der Waals surface area contributed by atoms with Gasteiger partial charge in [0.1, 0.15) is 11.9 Å². The van der Waals surface area contributed by atoms with Crippen LogP contribution < -0.4 is 0 Å². The summed E-state index contributed by atoms with van der Waals surface area (Å²) in [4.78, 5) is 25.1. The summed E-state index contributed by atoms with van der Waals surface area (Å²) in [5, 5.41) is 0. The van der Waals surface area contributed by atoms with Crippen LogP contribution in [0.4, 0.5) is 4.39 Å². The number of carbonyl (C=O) groups is 2. The first kappa shape index (κ1) is 33.2. The van der Waals surface area contributed by atoms with Gasteiger partial charge in [-0.25, -0.2) is 14.0 Å². The molecule has 2 fully saturated rings. The number of esters is 2. The molecule has 236 valence electrons. The van der Waals surface area contributed by atoms with Crippen LogP contribution in [0.2, 0.25) is 0 Å². The average molecular weight is 595 g/mol. The lowest BCUT2D eigenvalue weighted by atomic mass is 9.69. The maximum Gasteiger partial charge on any atom is 0.341 e. The second kappa shape index (κ2) is 17.5. The van der Waals surface area contributed by atoms with Crippen LogP contribution >= 0.6 is 0 Å². The van der Waals surface area contributed by atoms with Gasteiger partial charge in [0.25, 0.3) is 0 Å². The third kappa shape index (κ3) is 10.2. The second-order valence-corrected chi connectivity index (χ2v) is 12.6. The first-order valence-corrected chi connectivity index (χ1v) is 16.7. The number of ether oxygens (including phenoxy) is 3. The van der Waals surface area contributed by atoms with E-state index < -0.39 is 11.8 Å². The Balaban J connectivity index is 1.16. The Hall–Kier alpha value is -2.73. The summed E-state index contributed by atoms with van der Waals surface area (Å²) in [5.41, 5.74) is 2.92. The Morgan fingerprint density at radius 1 is 0.767 bits per heavy atom. The molecular weight excluding hydrogens is 543 g/mol. The lowest BCUT2D eigenvalue weighted by Crippen LogP contribution is -2.29. The number of methoxy groups -OCH3 is 1. The Labute approximate surface area is 257 Å². The van der Waals surface area contributed by atoms with Gasteiger partial charge in [0.05, 0.1) is 17.7 Å². The highest BCUT2D eigenvalue weighted by Gasteiger charge is 2.32. The van der Waals surface area contributed by atoms with E-state index in [1.807, 2.05) is 18.2 Å². The Morgan fingerprint density at radius 3 is 2.09 bits per heavy atom. The van der Waals surface area contributed by atoms with Crippen molar-refractivity contribution in [1.82, 2.24) is 0 Å². The molecule has 0 amide bonds. The van der Waals surface area contributed by atoms with Crippen LogP contribution in [-0.2, 0) is 20.6 Å². The fraction of sp³-hybridized carbons (Fsp3) is 0.622. The van der Waals surface area contributed by atoms with Crippen molar-refractivity contribution >= 4 is 11.9 Å². The molecule has 0 aliphatic heterocycles. The first-order chi connectivity index (χ1) is 21.0. The zero-order valence-corrected chi connectivity index (χ0v) is 26.3. The summed E-state index contributed by atoms with van der Waals surface area (Å²) in [6.45, 7) is 3.28. The minimum Gasteiger partial charge on any atom is -0.462 e. The number of aryl methyl sites for hydroxylation is 1. The molecule has 0 heterocycles. The van der Waals surface area contributed by atoms with Gasteiger partial charge in [-0.05, 0) is 130 Å². The molecule has 6 heteroatoms. The molecule has 43 heavy (non-hydrogen) atoms. The normalized spacial score (nSPS) is 22.2. The van der Waals surface area contributed by atoms with Crippen molar-refractivity contribution in [2.75, 3.05) is 20.3 Å². The van der Waals surface area contributed by atoms with E-state index >= 15 is 0 Å². The number of carbonyl (C=O) groups excluding carboxylic acids is 2. The van der Waals surface area contributed by atoms with Crippen LogP contribution in [0.3, 0.4) is 0 Å². The van der Waals surface area contributed by atoms with E-state index in [9.17, 15) is 14.0 Å². The summed E-state index contributed by atoms with van der Waals surface area (Å²) >= 11 is 0. The molecule has 4 rings (SSSR count). The highest BCUT2D eigenvalue weighted by atomic mass is 19.1. The maximum absolute atomic E-state index is 14.7. The molecule has 0 bridgehead atoms. The lowest BCUT2D eigenvalue weighted by Gasteiger charge is -2.37. The van der Waals surface area contributed by atoms with Gasteiger partial charge in [0, 0.05) is 13.7 Å². The van der Waals surface area contributed by atoms with E-state index in [-0.39, 0.29) is 17.6 Å². The van der Waals surface area contributed by atoms with Crippen LogP contribution in [0.15, 0.2) is 42.5 Å². The van der Waals surface area contributed by atoms with Gasteiger partial charge < -0.3 is 14.2 Å². The summed E-state index contributed by atoms with van der Waals surface area (Å²) in [6, 6.07) is 13.0. The Morgan fingerprint density at radius 2 is 1.44 bits per heavy atom. The predicted molar refractivity (Wildman–Crippen MR) is 168 cm³/mol. The third-order valence-corrected chi connectivity index (χ3v) is 9.60. The van der Waals surface area contributed by atoms with Gasteiger partial charge >= 0.3 is 11.9 Å². The minimum atomic E-state index is -0.527. The van der Waals surface area contributed by atoms with Gasteiger partial charge in [-0.3, -0.25) is 0 Å². The molecule has 0 N–H and O–H groups in total. The Bertz CT molecular complexity index is 1130. The molecule has 2 aliphatic rings. The molecule has 0 saturated heterocycles. The van der Waals surface area contributed by atoms with Crippen molar-refractivity contribution in [2.24, 2.45) is 11.8 Å². The molecule has 2 aromatic carbocycles. The maximum atomic E-state index is 14.7. The van der Waals surface area contributed by atoms with Crippen LogP contribution in [0, 0.1) is 17.7 Å². The first-order valence-electron chi connectivity index (χ1n) is 16.7. The molecule has 2 aromatic rings. The number of hydrogen-bond donors (Lipinski definition) is 0. The van der Waals surface area contributed by atoms with E-state index in [1.54, 1.807) is 13.2 Å². The smallest absolute Gasteiger partial charge is 0.341 e. The topological polar surface area (TPSA) is 61.8 Å². The van der Waals surface area contributed by atoms with Crippen molar-refractivity contribution in [3.63, 3.8) is 0 Å². The molecule has 0 atom stereocenters. The lowest BCUT2D eigenvalue weighted by molar-refractivity contribution is 0.0110. The number of hydrogen-bond acceptors (Lipinski definition) is 5. The summed E-state index contributed by atoms with van der Waals surface area (Å²) in [7, 11) is 1.67. The largest absolute Gasteiger partial charge is 0.462 e. The van der Waals surface area contributed by atoms with Crippen LogP contribution in [-0.4, -0.2) is 38.4 Å². The number of rotatable bonds is 15. The SMILES string of the molecule is CCCCCCc1ccc(C(=O)OC2CCC(C3CCC(c4ccc(C(=O)OCCCCOC)cc4)CC3)CC2)c(F)c1. The number of halogens is 1. The molecule has 5 nitrogen and oxygen atoms in total. The van der Waals surface area contributed by atoms with Gasteiger partial charge in [-0.1, -0.05) is 44.4 Å². The molecule has 0 unspecified atom stereocenters. The van der Waals surface area contributed by atoms with Crippen molar-refractivity contribution in [2.45, 2.75) is 115 Å². The van der Waals surface area contributed by atoms with Crippen molar-refractivity contribution in [3.8, 4) is 0 Å². The fourth-order valence-corrected chi connectivity index (χ4v) is 6.94. The van der Waals surface area contributed by atoms with Gasteiger partial charge in [-0.2, -0.15) is 0 Å². The highest BCUT2D eigenvalue weighted by Crippen LogP contribution is 2.43. The van der Waals surface area contributed by atoms with E-state index in [4.69, 9.17) is 14.2 Å². The second-order valence-electron chi connectivity index (χ2n) is 12.6. The quantitative estimate of drug-likeness (QED) is 0.152. The minimum absolute atomic E-state index is 0.0561. The van der Waals surface area contributed by atoms with Crippen molar-refractivity contribution in [3.05, 3.63) is 70.5 Å². The predicted octanol–water partition coefficient (Wildman–Crippen LogP) is 9.22. The summed E-state index contributed by atoms with van der Waals surface area (Å²) in [5.74, 6) is 0.658. The molecule has 0 spiro atoms. The average Bonchev–Trinajstić information content (AvgIpc) is 3.03. The van der Waals surface area contributed by atoms with Crippen LogP contribution in [0.1, 0.15) is 135 Å². The number of benzene rings is 2. The van der Waals surface area contributed by atoms with Gasteiger partial charge in [0.15, 0.2) is 0 Å². The van der Waals surface area contributed by atoms with Crippen LogP contribution in [0.5, 0.6) is 0 Å². The van der Waals surface area contributed by atoms with E-state index in [2.05, 4.69) is 19.1 Å². The summed E-state index contributed by atoms with van der Waals surface area (Å²) in [6.07, 6.45) is 15.6. The van der Waals surface area contributed by atoms with Gasteiger partial charge in [-0.15, -0.1) is 0 Å². The van der Waals surface area contributed by atoms with Crippen molar-refractivity contribution in [1.29, 1.82) is 0 Å².